The molecule has 0 fully saturated rings. The van der Waals surface area contributed by atoms with E-state index >= 15 is 0 Å². The van der Waals surface area contributed by atoms with E-state index in [9.17, 15) is 4.79 Å². The summed E-state index contributed by atoms with van der Waals surface area (Å²) in [6, 6.07) is 1.72. The Morgan fingerprint density at radius 3 is 2.75 bits per heavy atom. The van der Waals surface area contributed by atoms with Gasteiger partial charge in [-0.1, -0.05) is 0 Å². The molecule has 0 bridgehead atoms. The Balaban J connectivity index is 2.17. The second-order valence-corrected chi connectivity index (χ2v) is 3.68. The second-order valence-electron chi connectivity index (χ2n) is 3.68. The van der Waals surface area contributed by atoms with Crippen molar-refractivity contribution in [1.29, 1.82) is 0 Å². The van der Waals surface area contributed by atoms with E-state index in [1.807, 2.05) is 6.92 Å². The quantitative estimate of drug-likeness (QED) is 0.838. The number of amides is 1. The maximum Gasteiger partial charge on any atom is 0.259 e. The summed E-state index contributed by atoms with van der Waals surface area (Å²) < 4.78 is 6.92. The Bertz CT molecular complexity index is 525. The standard InChI is InChI=1S/C11H13N3O2/c1-7-4-10(8(2)16-7)11(15)13-9-5-12-14(3)6-9/h4-6H,1-3H3,(H,13,15). The van der Waals surface area contributed by atoms with Gasteiger partial charge in [0, 0.05) is 13.2 Å². The van der Waals surface area contributed by atoms with Crippen molar-refractivity contribution in [2.24, 2.45) is 7.05 Å². The van der Waals surface area contributed by atoms with Crippen LogP contribution in [0.25, 0.3) is 0 Å². The molecular weight excluding hydrogens is 206 g/mol. The molecule has 0 aliphatic heterocycles. The molecule has 0 aliphatic rings. The normalized spacial score (nSPS) is 10.4. The number of anilines is 1. The summed E-state index contributed by atoms with van der Waals surface area (Å²) in [4.78, 5) is 11.8. The number of rotatable bonds is 2. The number of carbonyl (C=O) groups excluding carboxylic acids is 1. The number of aromatic nitrogens is 2. The molecule has 2 aromatic heterocycles. The van der Waals surface area contributed by atoms with Crippen molar-refractivity contribution in [2.45, 2.75) is 13.8 Å². The number of furan rings is 1. The van der Waals surface area contributed by atoms with E-state index in [0.717, 1.165) is 5.76 Å². The third-order valence-corrected chi connectivity index (χ3v) is 2.25. The first-order chi connectivity index (χ1) is 7.56. The van der Waals surface area contributed by atoms with Crippen LogP contribution in [0.2, 0.25) is 0 Å². The van der Waals surface area contributed by atoms with E-state index in [-0.39, 0.29) is 5.91 Å². The average Bonchev–Trinajstić information content (AvgIpc) is 2.73. The van der Waals surface area contributed by atoms with Gasteiger partial charge in [0.25, 0.3) is 5.91 Å². The van der Waals surface area contributed by atoms with Crippen molar-refractivity contribution >= 4 is 11.6 Å². The fraction of sp³-hybridized carbons (Fsp3) is 0.273. The lowest BCUT2D eigenvalue weighted by Crippen LogP contribution is -2.11. The molecule has 0 saturated carbocycles. The molecule has 2 aromatic rings. The summed E-state index contributed by atoms with van der Waals surface area (Å²) in [5.41, 5.74) is 1.23. The van der Waals surface area contributed by atoms with Crippen LogP contribution in [0.1, 0.15) is 21.9 Å². The van der Waals surface area contributed by atoms with Crippen LogP contribution >= 0.6 is 0 Å². The van der Waals surface area contributed by atoms with E-state index in [1.54, 1.807) is 37.1 Å². The van der Waals surface area contributed by atoms with Gasteiger partial charge in [-0.15, -0.1) is 0 Å². The van der Waals surface area contributed by atoms with Gasteiger partial charge in [-0.05, 0) is 19.9 Å². The third kappa shape index (κ3) is 1.98. The lowest BCUT2D eigenvalue weighted by molar-refractivity contribution is 0.102. The Hall–Kier alpha value is -2.04. The molecule has 0 unspecified atom stereocenters. The van der Waals surface area contributed by atoms with Gasteiger partial charge in [-0.2, -0.15) is 5.10 Å². The molecule has 1 amide bonds. The van der Waals surface area contributed by atoms with Gasteiger partial charge < -0.3 is 9.73 Å². The maximum atomic E-state index is 11.8. The van der Waals surface area contributed by atoms with Crippen LogP contribution in [0.15, 0.2) is 22.9 Å². The molecule has 0 atom stereocenters. The van der Waals surface area contributed by atoms with Gasteiger partial charge in [0.05, 0.1) is 17.4 Å². The summed E-state index contributed by atoms with van der Waals surface area (Å²) in [6.45, 7) is 3.58. The van der Waals surface area contributed by atoms with Crippen LogP contribution in [0, 0.1) is 13.8 Å². The fourth-order valence-corrected chi connectivity index (χ4v) is 1.54. The SMILES string of the molecule is Cc1cc(C(=O)Nc2cnn(C)c2)c(C)o1. The van der Waals surface area contributed by atoms with Crippen molar-refractivity contribution in [3.63, 3.8) is 0 Å². The maximum absolute atomic E-state index is 11.8. The predicted octanol–water partition coefficient (Wildman–Crippen LogP) is 1.88. The highest BCUT2D eigenvalue weighted by molar-refractivity contribution is 6.04. The average molecular weight is 219 g/mol. The molecule has 1 N–H and O–H groups in total. The Kier molecular flexibility index (Phi) is 2.52. The lowest BCUT2D eigenvalue weighted by Gasteiger charge is -1.99. The first-order valence-corrected chi connectivity index (χ1v) is 4.93. The summed E-state index contributed by atoms with van der Waals surface area (Å²) in [5, 5.41) is 6.72. The molecule has 84 valence electrons. The zero-order valence-electron chi connectivity index (χ0n) is 9.44. The highest BCUT2D eigenvalue weighted by Crippen LogP contribution is 2.15. The van der Waals surface area contributed by atoms with Gasteiger partial charge in [-0.3, -0.25) is 9.48 Å². The van der Waals surface area contributed by atoms with Gasteiger partial charge in [0.2, 0.25) is 0 Å². The van der Waals surface area contributed by atoms with Crippen LogP contribution in [-0.4, -0.2) is 15.7 Å². The number of nitrogens with zero attached hydrogens (tertiary/aromatic N) is 2. The monoisotopic (exact) mass is 219 g/mol. The lowest BCUT2D eigenvalue weighted by atomic mass is 10.2. The fourth-order valence-electron chi connectivity index (χ4n) is 1.54. The minimum atomic E-state index is -0.178. The largest absolute Gasteiger partial charge is 0.466 e. The molecule has 0 aromatic carbocycles. The molecule has 0 spiro atoms. The first kappa shape index (κ1) is 10.5. The molecule has 0 aliphatic carbocycles. The molecule has 2 rings (SSSR count). The minimum absolute atomic E-state index is 0.178. The summed E-state index contributed by atoms with van der Waals surface area (Å²) in [5.74, 6) is 1.18. The van der Waals surface area contributed by atoms with Crippen LogP contribution in [0.5, 0.6) is 0 Å². The van der Waals surface area contributed by atoms with Crippen molar-refractivity contribution in [2.75, 3.05) is 5.32 Å². The number of hydrogen-bond acceptors (Lipinski definition) is 3. The van der Waals surface area contributed by atoms with Crippen LogP contribution in [-0.2, 0) is 7.05 Å². The molecule has 5 heteroatoms. The molecule has 2 heterocycles. The van der Waals surface area contributed by atoms with Gasteiger partial charge in [0.1, 0.15) is 11.5 Å². The number of hydrogen-bond donors (Lipinski definition) is 1. The Morgan fingerprint density at radius 2 is 2.25 bits per heavy atom. The molecular formula is C11H13N3O2. The summed E-state index contributed by atoms with van der Waals surface area (Å²) in [7, 11) is 1.79. The van der Waals surface area contributed by atoms with E-state index in [0.29, 0.717) is 17.0 Å². The van der Waals surface area contributed by atoms with E-state index in [2.05, 4.69) is 10.4 Å². The van der Waals surface area contributed by atoms with Crippen molar-refractivity contribution in [1.82, 2.24) is 9.78 Å². The minimum Gasteiger partial charge on any atom is -0.466 e. The third-order valence-electron chi connectivity index (χ3n) is 2.25. The highest BCUT2D eigenvalue weighted by atomic mass is 16.3. The molecule has 16 heavy (non-hydrogen) atoms. The second kappa shape index (κ2) is 3.84. The number of aryl methyl sites for hydroxylation is 3. The summed E-state index contributed by atoms with van der Waals surface area (Å²) in [6.07, 6.45) is 3.33. The summed E-state index contributed by atoms with van der Waals surface area (Å²) >= 11 is 0. The zero-order chi connectivity index (χ0) is 11.7. The predicted molar refractivity (Wildman–Crippen MR) is 59.3 cm³/mol. The van der Waals surface area contributed by atoms with Gasteiger partial charge >= 0.3 is 0 Å². The smallest absolute Gasteiger partial charge is 0.259 e. The first-order valence-electron chi connectivity index (χ1n) is 4.93. The van der Waals surface area contributed by atoms with E-state index in [4.69, 9.17) is 4.42 Å². The number of nitrogens with one attached hydrogen (secondary N) is 1. The van der Waals surface area contributed by atoms with Crippen LogP contribution in [0.4, 0.5) is 5.69 Å². The van der Waals surface area contributed by atoms with Crippen LogP contribution < -0.4 is 5.32 Å². The zero-order valence-corrected chi connectivity index (χ0v) is 9.44. The van der Waals surface area contributed by atoms with Crippen molar-refractivity contribution < 1.29 is 9.21 Å². The Labute approximate surface area is 93.1 Å². The topological polar surface area (TPSA) is 60.1 Å². The molecule has 0 radical (unpaired) electrons. The van der Waals surface area contributed by atoms with Gasteiger partial charge in [-0.25, -0.2) is 0 Å². The van der Waals surface area contributed by atoms with E-state index < -0.39 is 0 Å². The Morgan fingerprint density at radius 1 is 1.50 bits per heavy atom. The highest BCUT2D eigenvalue weighted by Gasteiger charge is 2.13. The van der Waals surface area contributed by atoms with Crippen molar-refractivity contribution in [3.8, 4) is 0 Å². The number of carbonyl (C=O) groups is 1. The van der Waals surface area contributed by atoms with Crippen molar-refractivity contribution in [3.05, 3.63) is 35.5 Å². The van der Waals surface area contributed by atoms with Crippen LogP contribution in [0.3, 0.4) is 0 Å². The van der Waals surface area contributed by atoms with E-state index in [1.165, 1.54) is 0 Å². The molecule has 0 saturated heterocycles. The van der Waals surface area contributed by atoms with Gasteiger partial charge in [0.15, 0.2) is 0 Å². The molecule has 5 nitrogen and oxygen atoms in total.